The van der Waals surface area contributed by atoms with Crippen molar-refractivity contribution in [2.45, 2.75) is 39.8 Å². The lowest BCUT2D eigenvalue weighted by atomic mass is 10.0. The summed E-state index contributed by atoms with van der Waals surface area (Å²) in [5.41, 5.74) is 4.57. The number of hydrogen-bond donors (Lipinski definition) is 1. The summed E-state index contributed by atoms with van der Waals surface area (Å²) in [5.74, 6) is -0.224. The molecule has 0 aliphatic carbocycles. The molecule has 0 aliphatic rings. The van der Waals surface area contributed by atoms with E-state index in [1.54, 1.807) is 23.3 Å². The summed E-state index contributed by atoms with van der Waals surface area (Å²) < 4.78 is 1.69. The molecule has 0 saturated carbocycles. The van der Waals surface area contributed by atoms with Crippen molar-refractivity contribution in [2.75, 3.05) is 0 Å². The van der Waals surface area contributed by atoms with E-state index in [9.17, 15) is 4.79 Å². The van der Waals surface area contributed by atoms with Crippen LogP contribution in [0, 0.1) is 6.92 Å². The summed E-state index contributed by atoms with van der Waals surface area (Å²) in [6, 6.07) is 10.2. The Morgan fingerprint density at radius 3 is 2.46 bits per heavy atom. The predicted octanol–water partition coefficient (Wildman–Crippen LogP) is 3.33. The Morgan fingerprint density at radius 2 is 1.85 bits per heavy atom. The van der Waals surface area contributed by atoms with Gasteiger partial charge in [-0.05, 0) is 62.1 Å². The van der Waals surface area contributed by atoms with E-state index in [-0.39, 0.29) is 11.4 Å². The molecular formula is C20H23N5O. The highest BCUT2D eigenvalue weighted by Gasteiger charge is 2.18. The third-order valence-electron chi connectivity index (χ3n) is 4.21. The van der Waals surface area contributed by atoms with Gasteiger partial charge in [-0.1, -0.05) is 23.4 Å². The number of nitrogens with zero attached hydrogens (tertiary/aromatic N) is 4. The third kappa shape index (κ3) is 3.96. The van der Waals surface area contributed by atoms with Gasteiger partial charge in [-0.15, -0.1) is 5.10 Å². The van der Waals surface area contributed by atoms with E-state index in [1.807, 2.05) is 45.9 Å². The number of carbonyl (C=O) groups is 1. The number of rotatable bonds is 4. The van der Waals surface area contributed by atoms with Gasteiger partial charge in [-0.3, -0.25) is 9.78 Å². The molecule has 0 aliphatic heterocycles. The monoisotopic (exact) mass is 349 g/mol. The largest absolute Gasteiger partial charge is 0.347 e. The molecule has 0 saturated heterocycles. The van der Waals surface area contributed by atoms with E-state index in [0.717, 1.165) is 22.3 Å². The van der Waals surface area contributed by atoms with E-state index in [1.165, 1.54) is 0 Å². The highest BCUT2D eigenvalue weighted by atomic mass is 16.2. The number of aromatic nitrogens is 4. The maximum absolute atomic E-state index is 12.3. The van der Waals surface area contributed by atoms with Crippen molar-refractivity contribution in [3.05, 3.63) is 65.7 Å². The van der Waals surface area contributed by atoms with Crippen LogP contribution >= 0.6 is 0 Å². The molecule has 0 atom stereocenters. The van der Waals surface area contributed by atoms with E-state index in [4.69, 9.17) is 0 Å². The molecule has 0 fully saturated rings. The second-order valence-corrected chi connectivity index (χ2v) is 7.28. The summed E-state index contributed by atoms with van der Waals surface area (Å²) in [6.07, 6.45) is 5.24. The molecule has 6 nitrogen and oxygen atoms in total. The van der Waals surface area contributed by atoms with E-state index in [2.05, 4.69) is 32.7 Å². The van der Waals surface area contributed by atoms with Gasteiger partial charge in [0.15, 0.2) is 5.69 Å². The third-order valence-corrected chi connectivity index (χ3v) is 4.21. The molecule has 0 spiro atoms. The quantitative estimate of drug-likeness (QED) is 0.784. The van der Waals surface area contributed by atoms with Crippen molar-refractivity contribution in [1.29, 1.82) is 0 Å². The van der Waals surface area contributed by atoms with Crippen LogP contribution in [-0.4, -0.2) is 25.9 Å². The van der Waals surface area contributed by atoms with Gasteiger partial charge in [0.05, 0.1) is 11.7 Å². The Morgan fingerprint density at radius 1 is 1.12 bits per heavy atom. The van der Waals surface area contributed by atoms with Crippen molar-refractivity contribution >= 4 is 5.91 Å². The van der Waals surface area contributed by atoms with Crippen molar-refractivity contribution in [3.63, 3.8) is 0 Å². The van der Waals surface area contributed by atoms with E-state index in [0.29, 0.717) is 12.2 Å². The molecule has 0 radical (unpaired) electrons. The Labute approximate surface area is 153 Å². The fourth-order valence-corrected chi connectivity index (χ4v) is 2.58. The number of nitrogens with one attached hydrogen (secondary N) is 1. The number of benzene rings is 1. The lowest BCUT2D eigenvalue weighted by molar-refractivity contribution is 0.0946. The zero-order chi connectivity index (χ0) is 18.7. The van der Waals surface area contributed by atoms with Crippen LogP contribution in [0.3, 0.4) is 0 Å². The van der Waals surface area contributed by atoms with Crippen molar-refractivity contribution < 1.29 is 4.79 Å². The van der Waals surface area contributed by atoms with E-state index >= 15 is 0 Å². The molecule has 6 heteroatoms. The summed E-state index contributed by atoms with van der Waals surface area (Å²) in [5, 5.41) is 10.9. The Bertz CT molecular complexity index is 909. The Hall–Kier alpha value is -3.02. The van der Waals surface area contributed by atoms with Crippen LogP contribution in [0.15, 0.2) is 48.9 Å². The van der Waals surface area contributed by atoms with Gasteiger partial charge in [-0.25, -0.2) is 4.68 Å². The number of aryl methyl sites for hydroxylation is 1. The summed E-state index contributed by atoms with van der Waals surface area (Å²) in [6.45, 7) is 8.52. The van der Waals surface area contributed by atoms with Crippen LogP contribution in [0.25, 0.3) is 11.1 Å². The minimum absolute atomic E-state index is 0.203. The van der Waals surface area contributed by atoms with Gasteiger partial charge < -0.3 is 5.32 Å². The fraction of sp³-hybridized carbons (Fsp3) is 0.300. The second-order valence-electron chi connectivity index (χ2n) is 7.28. The first-order valence-corrected chi connectivity index (χ1v) is 8.55. The minimum atomic E-state index is -0.224. The zero-order valence-electron chi connectivity index (χ0n) is 15.5. The number of hydrogen-bond acceptors (Lipinski definition) is 4. The average Bonchev–Trinajstić information content (AvgIpc) is 3.12. The molecule has 1 aromatic carbocycles. The van der Waals surface area contributed by atoms with Gasteiger partial charge in [0.25, 0.3) is 5.91 Å². The lowest BCUT2D eigenvalue weighted by Gasteiger charge is -2.17. The van der Waals surface area contributed by atoms with Gasteiger partial charge in [-0.2, -0.15) is 0 Å². The topological polar surface area (TPSA) is 72.7 Å². The van der Waals surface area contributed by atoms with Gasteiger partial charge in [0, 0.05) is 18.9 Å². The van der Waals surface area contributed by atoms with Gasteiger partial charge in [0.1, 0.15) is 0 Å². The molecule has 1 N–H and O–H groups in total. The van der Waals surface area contributed by atoms with Crippen molar-refractivity contribution in [2.24, 2.45) is 0 Å². The number of amides is 1. The molecule has 2 heterocycles. The molecule has 26 heavy (non-hydrogen) atoms. The fourth-order valence-electron chi connectivity index (χ4n) is 2.58. The summed E-state index contributed by atoms with van der Waals surface area (Å²) >= 11 is 0. The maximum Gasteiger partial charge on any atom is 0.273 e. The van der Waals surface area contributed by atoms with Crippen LogP contribution in [-0.2, 0) is 12.1 Å². The molecule has 0 unspecified atom stereocenters. The maximum atomic E-state index is 12.3. The standard InChI is InChI=1S/C20H23N5O/c1-14-11-16(15-7-9-21-10-8-15)5-6-17(14)12-22-19(26)18-13-25(24-23-18)20(2,3)4/h5-11,13H,12H2,1-4H3,(H,22,26). The number of pyridine rings is 1. The summed E-state index contributed by atoms with van der Waals surface area (Å²) in [4.78, 5) is 16.4. The molecule has 134 valence electrons. The summed E-state index contributed by atoms with van der Waals surface area (Å²) in [7, 11) is 0. The molecule has 1 amide bonds. The molecule has 2 aromatic heterocycles. The minimum Gasteiger partial charge on any atom is -0.347 e. The van der Waals surface area contributed by atoms with Crippen LogP contribution in [0.1, 0.15) is 42.4 Å². The number of carbonyl (C=O) groups excluding carboxylic acids is 1. The lowest BCUT2D eigenvalue weighted by Crippen LogP contribution is -2.24. The molecule has 3 aromatic rings. The van der Waals surface area contributed by atoms with Crippen molar-refractivity contribution in [3.8, 4) is 11.1 Å². The Balaban J connectivity index is 1.68. The molecule has 3 rings (SSSR count). The van der Waals surface area contributed by atoms with E-state index < -0.39 is 0 Å². The SMILES string of the molecule is Cc1cc(-c2ccncc2)ccc1CNC(=O)c1cn(C(C)(C)C)nn1. The van der Waals surface area contributed by atoms with Gasteiger partial charge >= 0.3 is 0 Å². The second kappa shape index (κ2) is 7.07. The highest BCUT2D eigenvalue weighted by molar-refractivity contribution is 5.91. The normalized spacial score (nSPS) is 11.4. The first-order chi connectivity index (χ1) is 12.3. The van der Waals surface area contributed by atoms with Crippen LogP contribution < -0.4 is 5.32 Å². The smallest absolute Gasteiger partial charge is 0.273 e. The van der Waals surface area contributed by atoms with Gasteiger partial charge in [0.2, 0.25) is 0 Å². The van der Waals surface area contributed by atoms with Crippen molar-refractivity contribution in [1.82, 2.24) is 25.3 Å². The first kappa shape index (κ1) is 17.8. The van der Waals surface area contributed by atoms with Crippen LogP contribution in [0.5, 0.6) is 0 Å². The first-order valence-electron chi connectivity index (χ1n) is 8.55. The zero-order valence-corrected chi connectivity index (χ0v) is 15.5. The molecular weight excluding hydrogens is 326 g/mol. The Kier molecular flexibility index (Phi) is 4.84. The molecule has 0 bridgehead atoms. The average molecular weight is 349 g/mol. The predicted molar refractivity (Wildman–Crippen MR) is 101 cm³/mol. The van der Waals surface area contributed by atoms with Crippen LogP contribution in [0.4, 0.5) is 0 Å². The highest BCUT2D eigenvalue weighted by Crippen LogP contribution is 2.21. The van der Waals surface area contributed by atoms with Crippen LogP contribution in [0.2, 0.25) is 0 Å².